The maximum absolute atomic E-state index is 14.2. The lowest BCUT2D eigenvalue weighted by molar-refractivity contribution is -0.408. The molecule has 0 bridgehead atoms. The van der Waals surface area contributed by atoms with Crippen LogP contribution in [0.4, 0.5) is 39.5 Å². The van der Waals surface area contributed by atoms with E-state index >= 15 is 0 Å². The molecule has 0 aliphatic heterocycles. The van der Waals surface area contributed by atoms with Crippen molar-refractivity contribution in [1.29, 1.82) is 0 Å². The van der Waals surface area contributed by atoms with Crippen LogP contribution in [0, 0.1) is 10.8 Å². The minimum Gasteiger partial charge on any atom is -0.455 e. The number of hydrogen-bond donors (Lipinski definition) is 1. The predicted octanol–water partition coefficient (Wildman–Crippen LogP) is 6.12. The van der Waals surface area contributed by atoms with Crippen LogP contribution in [0.1, 0.15) is 54.9 Å². The fourth-order valence-corrected chi connectivity index (χ4v) is 3.05. The highest BCUT2D eigenvalue weighted by Gasteiger charge is 2.79. The Labute approximate surface area is 168 Å². The van der Waals surface area contributed by atoms with Gasteiger partial charge in [-0.1, -0.05) is 32.4 Å². The Morgan fingerprint density at radius 3 is 1.43 bits per heavy atom. The maximum Gasteiger partial charge on any atom is 0.430 e. The van der Waals surface area contributed by atoms with Crippen molar-refractivity contribution in [3.8, 4) is 0 Å². The van der Waals surface area contributed by atoms with Gasteiger partial charge >= 0.3 is 24.5 Å². The van der Waals surface area contributed by atoms with E-state index in [0.29, 0.717) is 6.08 Å². The first-order valence-corrected chi connectivity index (χ1v) is 8.67. The number of carbonyl (C=O) groups excluding carboxylic acids is 1. The number of halogens is 9. The highest BCUT2D eigenvalue weighted by molar-refractivity contribution is 5.82. The summed E-state index contributed by atoms with van der Waals surface area (Å²) in [4.78, 5) is 12.7. The number of esters is 1. The van der Waals surface area contributed by atoms with Gasteiger partial charge in [0, 0.05) is 0 Å². The average Bonchev–Trinajstić information content (AvgIpc) is 2.46. The first kappa shape index (κ1) is 28.5. The second-order valence-corrected chi connectivity index (χ2v) is 8.37. The van der Waals surface area contributed by atoms with Gasteiger partial charge in [-0.3, -0.25) is 4.79 Å². The van der Waals surface area contributed by atoms with Crippen LogP contribution in [0.25, 0.3) is 0 Å². The topological polar surface area (TPSA) is 46.5 Å². The van der Waals surface area contributed by atoms with Gasteiger partial charge in [0.2, 0.25) is 0 Å². The number of ether oxygens (including phenoxy) is 1. The summed E-state index contributed by atoms with van der Waals surface area (Å²) in [6.07, 6.45) is -18.2. The summed E-state index contributed by atoms with van der Waals surface area (Å²) in [7, 11) is 0. The lowest BCUT2D eigenvalue weighted by atomic mass is 9.62. The Bertz CT molecular complexity index is 652. The van der Waals surface area contributed by atoms with Crippen LogP contribution in [-0.4, -0.2) is 40.8 Å². The second kappa shape index (κ2) is 7.90. The van der Waals surface area contributed by atoms with E-state index < -0.39 is 46.5 Å². The lowest BCUT2D eigenvalue weighted by Crippen LogP contribution is -2.71. The molecule has 178 valence electrons. The summed E-state index contributed by atoms with van der Waals surface area (Å²) in [6, 6.07) is 0. The van der Waals surface area contributed by atoms with Crippen LogP contribution in [0.3, 0.4) is 0 Å². The normalized spacial score (nSPS) is 16.7. The van der Waals surface area contributed by atoms with Crippen molar-refractivity contribution in [2.45, 2.75) is 84.6 Å². The van der Waals surface area contributed by atoms with Crippen LogP contribution in [0.2, 0.25) is 0 Å². The third kappa shape index (κ3) is 4.43. The Balaban J connectivity index is 6.94. The standard InChI is InChI=1S/C18H25F9O3/c1-8-12(4,5)14(9-10(2)3,16(19,20)21)11(28)30-13(6,7)15(29,17(22,23)24)18(25,26)27/h9,29H,8H2,1-7H3. The zero-order valence-electron chi connectivity index (χ0n) is 17.4. The largest absolute Gasteiger partial charge is 0.455 e. The van der Waals surface area contributed by atoms with E-state index in [1.54, 1.807) is 0 Å². The molecule has 0 aromatic heterocycles. The monoisotopic (exact) mass is 460 g/mol. The zero-order valence-corrected chi connectivity index (χ0v) is 17.4. The maximum atomic E-state index is 14.2. The van der Waals surface area contributed by atoms with Crippen molar-refractivity contribution in [2.24, 2.45) is 10.8 Å². The van der Waals surface area contributed by atoms with E-state index in [9.17, 15) is 49.4 Å². The first-order chi connectivity index (χ1) is 12.9. The number of carbonyl (C=O) groups is 1. The molecule has 0 amide bonds. The molecule has 0 aromatic rings. The Morgan fingerprint density at radius 2 is 1.20 bits per heavy atom. The molecule has 0 fully saturated rings. The van der Waals surface area contributed by atoms with Gasteiger partial charge in [-0.15, -0.1) is 0 Å². The van der Waals surface area contributed by atoms with Crippen molar-refractivity contribution in [3.05, 3.63) is 11.6 Å². The Kier molecular flexibility index (Phi) is 7.52. The lowest BCUT2D eigenvalue weighted by Gasteiger charge is -2.48. The van der Waals surface area contributed by atoms with Crippen LogP contribution >= 0.6 is 0 Å². The molecule has 0 saturated heterocycles. The molecule has 0 aliphatic rings. The van der Waals surface area contributed by atoms with E-state index in [4.69, 9.17) is 0 Å². The van der Waals surface area contributed by atoms with Crippen molar-refractivity contribution in [3.63, 3.8) is 0 Å². The van der Waals surface area contributed by atoms with E-state index in [1.807, 2.05) is 0 Å². The van der Waals surface area contributed by atoms with Gasteiger partial charge in [0.1, 0.15) is 0 Å². The van der Waals surface area contributed by atoms with Crippen LogP contribution in [-0.2, 0) is 9.53 Å². The van der Waals surface area contributed by atoms with Crippen LogP contribution in [0.15, 0.2) is 11.6 Å². The number of hydrogen-bond acceptors (Lipinski definition) is 3. The molecule has 0 heterocycles. The number of allylic oxidation sites excluding steroid dienone is 1. The molecule has 0 aromatic carbocycles. The quantitative estimate of drug-likeness (QED) is 0.295. The van der Waals surface area contributed by atoms with Gasteiger partial charge in [0.15, 0.2) is 11.0 Å². The van der Waals surface area contributed by atoms with Gasteiger partial charge in [-0.05, 0) is 39.5 Å². The summed E-state index contributed by atoms with van der Waals surface area (Å²) in [5.41, 5.74) is -15.2. The zero-order chi connectivity index (χ0) is 24.8. The van der Waals surface area contributed by atoms with Gasteiger partial charge in [-0.25, -0.2) is 0 Å². The molecule has 0 saturated carbocycles. The Morgan fingerprint density at radius 1 is 0.833 bits per heavy atom. The molecule has 3 nitrogen and oxygen atoms in total. The predicted molar refractivity (Wildman–Crippen MR) is 89.2 cm³/mol. The van der Waals surface area contributed by atoms with E-state index in [1.165, 1.54) is 20.8 Å². The fraction of sp³-hybridized carbons (Fsp3) is 0.833. The smallest absolute Gasteiger partial charge is 0.430 e. The molecule has 1 N–H and O–H groups in total. The molecule has 1 unspecified atom stereocenters. The minimum atomic E-state index is -6.41. The molecule has 0 rings (SSSR count). The third-order valence-corrected chi connectivity index (χ3v) is 5.27. The van der Waals surface area contributed by atoms with Crippen molar-refractivity contribution in [1.82, 2.24) is 0 Å². The highest BCUT2D eigenvalue weighted by atomic mass is 19.4. The average molecular weight is 460 g/mol. The van der Waals surface area contributed by atoms with E-state index in [2.05, 4.69) is 4.74 Å². The molecule has 0 spiro atoms. The van der Waals surface area contributed by atoms with Crippen molar-refractivity contribution >= 4 is 5.97 Å². The summed E-state index contributed by atoms with van der Waals surface area (Å²) in [5, 5.41) is 9.55. The molecule has 1 atom stereocenters. The van der Waals surface area contributed by atoms with Crippen LogP contribution < -0.4 is 0 Å². The Hall–Kier alpha value is -1.46. The number of rotatable bonds is 6. The molecular formula is C18H25F9O3. The van der Waals surface area contributed by atoms with Crippen LogP contribution in [0.5, 0.6) is 0 Å². The highest BCUT2D eigenvalue weighted by Crippen LogP contribution is 2.57. The van der Waals surface area contributed by atoms with Gasteiger partial charge in [0.25, 0.3) is 5.60 Å². The van der Waals surface area contributed by atoms with E-state index in [0.717, 1.165) is 13.8 Å². The molecule has 0 aliphatic carbocycles. The number of alkyl halides is 9. The number of aliphatic hydroxyl groups is 1. The summed E-state index contributed by atoms with van der Waals surface area (Å²) in [5.74, 6) is -2.39. The van der Waals surface area contributed by atoms with Crippen molar-refractivity contribution < 1.29 is 54.2 Å². The molecular weight excluding hydrogens is 435 g/mol. The minimum absolute atomic E-state index is 0.0501. The van der Waals surface area contributed by atoms with Gasteiger partial charge < -0.3 is 9.84 Å². The fourth-order valence-electron chi connectivity index (χ4n) is 3.05. The van der Waals surface area contributed by atoms with E-state index in [-0.39, 0.29) is 25.8 Å². The SMILES string of the molecule is CCC(C)(C)C(C=C(C)C)(C(=O)OC(C)(C)C(O)(C(F)(F)F)C(F)(F)F)C(F)(F)F. The third-order valence-electron chi connectivity index (χ3n) is 5.27. The van der Waals surface area contributed by atoms with Gasteiger partial charge in [0.05, 0.1) is 0 Å². The summed E-state index contributed by atoms with van der Waals surface area (Å²) >= 11 is 0. The first-order valence-electron chi connectivity index (χ1n) is 8.67. The molecule has 30 heavy (non-hydrogen) atoms. The molecule has 12 heteroatoms. The summed E-state index contributed by atoms with van der Waals surface area (Å²) < 4.78 is 126. The second-order valence-electron chi connectivity index (χ2n) is 8.37. The summed E-state index contributed by atoms with van der Waals surface area (Å²) in [6.45, 7) is 5.67. The van der Waals surface area contributed by atoms with Crippen molar-refractivity contribution in [2.75, 3.05) is 0 Å². The van der Waals surface area contributed by atoms with Gasteiger partial charge in [-0.2, -0.15) is 39.5 Å². The molecule has 0 radical (unpaired) electrons.